The van der Waals surface area contributed by atoms with Gasteiger partial charge in [-0.2, -0.15) is 0 Å². The molecule has 66 valence electrons. The SMILES string of the molecule is Oc1cccc(-c2ncc(Br)s2)c1. The van der Waals surface area contributed by atoms with Gasteiger partial charge in [0.25, 0.3) is 0 Å². The lowest BCUT2D eigenvalue weighted by atomic mass is 10.2. The second-order valence-electron chi connectivity index (χ2n) is 2.52. The van der Waals surface area contributed by atoms with E-state index in [9.17, 15) is 5.11 Å². The number of aromatic hydroxyl groups is 1. The van der Waals surface area contributed by atoms with Gasteiger partial charge < -0.3 is 5.11 Å². The van der Waals surface area contributed by atoms with Gasteiger partial charge in [0.15, 0.2) is 0 Å². The molecular formula is C9H6BrNOS. The van der Waals surface area contributed by atoms with Crippen LogP contribution in [0.4, 0.5) is 0 Å². The van der Waals surface area contributed by atoms with Crippen molar-refractivity contribution >= 4 is 27.3 Å². The summed E-state index contributed by atoms with van der Waals surface area (Å²) in [6.07, 6.45) is 1.75. The fraction of sp³-hybridized carbons (Fsp3) is 0. The number of rotatable bonds is 1. The van der Waals surface area contributed by atoms with Gasteiger partial charge in [-0.3, -0.25) is 0 Å². The maximum atomic E-state index is 9.25. The van der Waals surface area contributed by atoms with Gasteiger partial charge in [-0.15, -0.1) is 11.3 Å². The van der Waals surface area contributed by atoms with Crippen LogP contribution in [-0.2, 0) is 0 Å². The second kappa shape index (κ2) is 3.47. The number of thiazole rings is 1. The first-order valence-electron chi connectivity index (χ1n) is 3.66. The Morgan fingerprint density at radius 2 is 2.23 bits per heavy atom. The Kier molecular flexibility index (Phi) is 2.33. The molecule has 0 aliphatic heterocycles. The topological polar surface area (TPSA) is 33.1 Å². The summed E-state index contributed by atoms with van der Waals surface area (Å²) in [4.78, 5) is 4.19. The third-order valence-electron chi connectivity index (χ3n) is 1.57. The Labute approximate surface area is 88.0 Å². The molecule has 0 bridgehead atoms. The van der Waals surface area contributed by atoms with E-state index in [1.807, 2.05) is 6.07 Å². The van der Waals surface area contributed by atoms with Crippen molar-refractivity contribution < 1.29 is 5.11 Å². The Morgan fingerprint density at radius 1 is 1.38 bits per heavy atom. The third kappa shape index (κ3) is 1.89. The lowest BCUT2D eigenvalue weighted by Crippen LogP contribution is -1.73. The molecule has 0 atom stereocenters. The molecule has 13 heavy (non-hydrogen) atoms. The van der Waals surface area contributed by atoms with Gasteiger partial charge >= 0.3 is 0 Å². The predicted molar refractivity (Wildman–Crippen MR) is 56.9 cm³/mol. The number of aromatic nitrogens is 1. The van der Waals surface area contributed by atoms with Crippen LogP contribution in [0.15, 0.2) is 34.2 Å². The molecule has 2 nitrogen and oxygen atoms in total. The number of halogens is 1. The molecule has 0 saturated carbocycles. The minimum absolute atomic E-state index is 0.267. The molecule has 0 aliphatic rings. The highest BCUT2D eigenvalue weighted by Gasteiger charge is 2.02. The molecule has 1 aromatic carbocycles. The summed E-state index contributed by atoms with van der Waals surface area (Å²) in [5.74, 6) is 0.267. The average molecular weight is 256 g/mol. The van der Waals surface area contributed by atoms with E-state index in [1.54, 1.807) is 35.7 Å². The molecular weight excluding hydrogens is 250 g/mol. The van der Waals surface area contributed by atoms with Gasteiger partial charge in [0.2, 0.25) is 0 Å². The summed E-state index contributed by atoms with van der Waals surface area (Å²) in [5.41, 5.74) is 0.940. The van der Waals surface area contributed by atoms with Crippen LogP contribution < -0.4 is 0 Å². The van der Waals surface area contributed by atoms with E-state index in [4.69, 9.17) is 0 Å². The normalized spacial score (nSPS) is 10.2. The van der Waals surface area contributed by atoms with Crippen LogP contribution in [0.25, 0.3) is 10.6 Å². The van der Waals surface area contributed by atoms with Gasteiger partial charge in [0.05, 0.1) is 9.98 Å². The van der Waals surface area contributed by atoms with Gasteiger partial charge in [-0.25, -0.2) is 4.98 Å². The zero-order valence-electron chi connectivity index (χ0n) is 6.57. The maximum absolute atomic E-state index is 9.25. The van der Waals surface area contributed by atoms with Crippen molar-refractivity contribution in [2.24, 2.45) is 0 Å². The van der Waals surface area contributed by atoms with Gasteiger partial charge in [0.1, 0.15) is 10.8 Å². The first-order chi connectivity index (χ1) is 6.25. The minimum Gasteiger partial charge on any atom is -0.508 e. The zero-order chi connectivity index (χ0) is 9.26. The van der Waals surface area contributed by atoms with Crippen molar-refractivity contribution in [1.29, 1.82) is 0 Å². The molecule has 0 aliphatic carbocycles. The summed E-state index contributed by atoms with van der Waals surface area (Å²) >= 11 is 4.89. The molecule has 0 fully saturated rings. The van der Waals surface area contributed by atoms with Gasteiger partial charge in [-0.1, -0.05) is 12.1 Å². The van der Waals surface area contributed by atoms with Crippen molar-refractivity contribution in [1.82, 2.24) is 4.98 Å². The maximum Gasteiger partial charge on any atom is 0.124 e. The van der Waals surface area contributed by atoms with Crippen LogP contribution in [0.2, 0.25) is 0 Å². The van der Waals surface area contributed by atoms with Crippen molar-refractivity contribution in [2.45, 2.75) is 0 Å². The lowest BCUT2D eigenvalue weighted by molar-refractivity contribution is 0.475. The Balaban J connectivity index is 2.46. The van der Waals surface area contributed by atoms with Gasteiger partial charge in [0, 0.05) is 5.56 Å². The molecule has 2 aromatic rings. The van der Waals surface area contributed by atoms with Crippen molar-refractivity contribution in [2.75, 3.05) is 0 Å². The minimum atomic E-state index is 0.267. The monoisotopic (exact) mass is 255 g/mol. The van der Waals surface area contributed by atoms with Crippen LogP contribution in [0, 0.1) is 0 Å². The highest BCUT2D eigenvalue weighted by atomic mass is 79.9. The smallest absolute Gasteiger partial charge is 0.124 e. The fourth-order valence-corrected chi connectivity index (χ4v) is 2.23. The van der Waals surface area contributed by atoms with E-state index in [0.29, 0.717) is 0 Å². The molecule has 4 heteroatoms. The standard InChI is InChI=1S/C9H6BrNOS/c10-8-5-11-9(13-8)6-2-1-3-7(12)4-6/h1-5,12H. The van der Waals surface area contributed by atoms with Crippen LogP contribution in [0.5, 0.6) is 5.75 Å². The fourth-order valence-electron chi connectivity index (χ4n) is 1.03. The van der Waals surface area contributed by atoms with Crippen LogP contribution in [0.1, 0.15) is 0 Å². The summed E-state index contributed by atoms with van der Waals surface area (Å²) in [6, 6.07) is 7.07. The average Bonchev–Trinajstić information content (AvgIpc) is 2.52. The molecule has 1 aromatic heterocycles. The van der Waals surface area contributed by atoms with E-state index < -0.39 is 0 Å². The first kappa shape index (κ1) is 8.72. The lowest BCUT2D eigenvalue weighted by Gasteiger charge is -1.95. The summed E-state index contributed by atoms with van der Waals surface area (Å²) in [5, 5.41) is 10.2. The Morgan fingerprint density at radius 3 is 2.85 bits per heavy atom. The number of hydrogen-bond acceptors (Lipinski definition) is 3. The summed E-state index contributed by atoms with van der Waals surface area (Å²) in [6.45, 7) is 0. The molecule has 1 N–H and O–H groups in total. The molecule has 0 amide bonds. The van der Waals surface area contributed by atoms with E-state index in [0.717, 1.165) is 14.4 Å². The molecule has 0 saturated heterocycles. The summed E-state index contributed by atoms with van der Waals surface area (Å²) < 4.78 is 0.992. The van der Waals surface area contributed by atoms with Gasteiger partial charge in [-0.05, 0) is 28.1 Å². The number of phenols is 1. The van der Waals surface area contributed by atoms with Crippen molar-refractivity contribution in [3.63, 3.8) is 0 Å². The predicted octanol–water partition coefficient (Wildman–Crippen LogP) is 3.28. The molecule has 0 radical (unpaired) electrons. The number of phenolic OH excluding ortho intramolecular Hbond substituents is 1. The van der Waals surface area contributed by atoms with E-state index in [2.05, 4.69) is 20.9 Å². The Bertz CT molecular complexity index is 427. The quantitative estimate of drug-likeness (QED) is 0.849. The zero-order valence-corrected chi connectivity index (χ0v) is 8.97. The molecule has 0 spiro atoms. The van der Waals surface area contributed by atoms with Crippen LogP contribution in [0.3, 0.4) is 0 Å². The summed E-state index contributed by atoms with van der Waals surface area (Å²) in [7, 11) is 0. The third-order valence-corrected chi connectivity index (χ3v) is 3.10. The second-order valence-corrected chi connectivity index (χ2v) is 4.93. The number of nitrogens with zero attached hydrogens (tertiary/aromatic N) is 1. The van der Waals surface area contributed by atoms with Crippen molar-refractivity contribution in [3.8, 4) is 16.3 Å². The van der Waals surface area contributed by atoms with E-state index in [-0.39, 0.29) is 5.75 Å². The van der Waals surface area contributed by atoms with Crippen LogP contribution in [-0.4, -0.2) is 10.1 Å². The van der Waals surface area contributed by atoms with Crippen LogP contribution >= 0.6 is 27.3 Å². The van der Waals surface area contributed by atoms with E-state index in [1.165, 1.54) is 0 Å². The number of benzene rings is 1. The highest BCUT2D eigenvalue weighted by molar-refractivity contribution is 9.11. The molecule has 0 unspecified atom stereocenters. The molecule has 2 rings (SSSR count). The Hall–Kier alpha value is -0.870. The van der Waals surface area contributed by atoms with E-state index >= 15 is 0 Å². The number of hydrogen-bond donors (Lipinski definition) is 1. The largest absolute Gasteiger partial charge is 0.508 e. The van der Waals surface area contributed by atoms with Crippen molar-refractivity contribution in [3.05, 3.63) is 34.2 Å². The molecule has 1 heterocycles. The first-order valence-corrected chi connectivity index (χ1v) is 5.27. The highest BCUT2D eigenvalue weighted by Crippen LogP contribution is 2.29.